The monoisotopic (exact) mass is 344 g/mol. The lowest BCUT2D eigenvalue weighted by atomic mass is 10.2. The Hall–Kier alpha value is -2.93. The zero-order valence-electron chi connectivity index (χ0n) is 12.7. The Morgan fingerprint density at radius 3 is 2.46 bits per heavy atom. The lowest BCUT2D eigenvalue weighted by molar-refractivity contribution is -0.139. The van der Waals surface area contributed by atoms with Crippen molar-refractivity contribution in [3.8, 4) is 0 Å². The number of carbonyl (C=O) groups excluding carboxylic acids is 2. The molecule has 0 saturated carbocycles. The van der Waals surface area contributed by atoms with Gasteiger partial charge in [0.15, 0.2) is 6.04 Å². The van der Waals surface area contributed by atoms with E-state index in [1.165, 1.54) is 17.4 Å². The van der Waals surface area contributed by atoms with Crippen LogP contribution in [0.1, 0.15) is 21.3 Å². The van der Waals surface area contributed by atoms with Crippen LogP contribution in [0.4, 0.5) is 4.79 Å². The number of hydrogen-bond donors (Lipinski definition) is 2. The van der Waals surface area contributed by atoms with Gasteiger partial charge in [-0.3, -0.25) is 9.69 Å². The Morgan fingerprint density at radius 2 is 1.92 bits per heavy atom. The standard InChI is InChI=1S/C17H16N2O4S/c1-2-10-19(15(20)12-7-4-3-5-8-12)17(23)18-14(16(21)22)13-9-6-11-24-13/h2-9,11,14H,1,10H2,(H,18,23)(H,21,22). The van der Waals surface area contributed by atoms with Crippen LogP contribution >= 0.6 is 11.3 Å². The normalized spacial score (nSPS) is 11.3. The van der Waals surface area contributed by atoms with E-state index in [1.807, 2.05) is 0 Å². The fourth-order valence-corrected chi connectivity index (χ4v) is 2.80. The summed E-state index contributed by atoms with van der Waals surface area (Å²) in [4.78, 5) is 37.8. The first-order valence-electron chi connectivity index (χ1n) is 7.09. The fraction of sp³-hybridized carbons (Fsp3) is 0.118. The van der Waals surface area contributed by atoms with E-state index in [9.17, 15) is 19.5 Å². The van der Waals surface area contributed by atoms with Gasteiger partial charge in [-0.15, -0.1) is 17.9 Å². The Kier molecular flexibility index (Phi) is 5.86. The van der Waals surface area contributed by atoms with Crippen molar-refractivity contribution >= 4 is 29.2 Å². The molecule has 0 saturated heterocycles. The summed E-state index contributed by atoms with van der Waals surface area (Å²) < 4.78 is 0. The van der Waals surface area contributed by atoms with Crippen LogP contribution in [0.15, 0.2) is 60.5 Å². The number of benzene rings is 1. The largest absolute Gasteiger partial charge is 0.479 e. The number of aliphatic carboxylic acids is 1. The van der Waals surface area contributed by atoms with Gasteiger partial charge in [0.05, 0.1) is 0 Å². The second-order valence-corrected chi connectivity index (χ2v) is 5.79. The second-order valence-electron chi connectivity index (χ2n) is 4.81. The van der Waals surface area contributed by atoms with E-state index in [4.69, 9.17) is 0 Å². The molecule has 2 N–H and O–H groups in total. The van der Waals surface area contributed by atoms with E-state index in [0.29, 0.717) is 10.4 Å². The number of nitrogens with one attached hydrogen (secondary N) is 1. The molecule has 2 aromatic rings. The smallest absolute Gasteiger partial charge is 0.331 e. The van der Waals surface area contributed by atoms with E-state index < -0.39 is 23.9 Å². The Bertz CT molecular complexity index is 728. The van der Waals surface area contributed by atoms with Crippen LogP contribution in [0, 0.1) is 0 Å². The van der Waals surface area contributed by atoms with Crippen LogP contribution in [-0.2, 0) is 4.79 Å². The number of imide groups is 1. The highest BCUT2D eigenvalue weighted by Crippen LogP contribution is 2.19. The molecule has 3 amide bonds. The zero-order valence-corrected chi connectivity index (χ0v) is 13.5. The third-order valence-corrected chi connectivity index (χ3v) is 4.10. The molecule has 1 aromatic carbocycles. The molecule has 6 nitrogen and oxygen atoms in total. The second kappa shape index (κ2) is 8.07. The van der Waals surface area contributed by atoms with E-state index in [2.05, 4.69) is 11.9 Å². The Balaban J connectivity index is 2.21. The first kappa shape index (κ1) is 17.4. The number of rotatable bonds is 6. The number of amides is 3. The predicted molar refractivity (Wildman–Crippen MR) is 90.9 cm³/mol. The van der Waals surface area contributed by atoms with Crippen molar-refractivity contribution in [2.75, 3.05) is 6.54 Å². The average molecular weight is 344 g/mol. The van der Waals surface area contributed by atoms with Crippen LogP contribution in [0.5, 0.6) is 0 Å². The summed E-state index contributed by atoms with van der Waals surface area (Å²) in [6.45, 7) is 3.50. The molecule has 0 aliphatic heterocycles. The lowest BCUT2D eigenvalue weighted by Gasteiger charge is -2.22. The molecule has 0 radical (unpaired) electrons. The molecule has 0 aliphatic carbocycles. The number of carbonyl (C=O) groups is 3. The maximum Gasteiger partial charge on any atom is 0.331 e. The van der Waals surface area contributed by atoms with Crippen LogP contribution < -0.4 is 5.32 Å². The van der Waals surface area contributed by atoms with Gasteiger partial charge in [-0.2, -0.15) is 0 Å². The minimum absolute atomic E-state index is 0.0314. The van der Waals surface area contributed by atoms with Crippen LogP contribution in [0.3, 0.4) is 0 Å². The molecule has 7 heteroatoms. The van der Waals surface area contributed by atoms with Gasteiger partial charge in [-0.25, -0.2) is 9.59 Å². The molecule has 0 bridgehead atoms. The van der Waals surface area contributed by atoms with Crippen molar-refractivity contribution in [2.24, 2.45) is 0 Å². The molecule has 0 spiro atoms. The van der Waals surface area contributed by atoms with Gasteiger partial charge < -0.3 is 10.4 Å². The number of hydrogen-bond acceptors (Lipinski definition) is 4. The van der Waals surface area contributed by atoms with Crippen molar-refractivity contribution < 1.29 is 19.5 Å². The molecular weight excluding hydrogens is 328 g/mol. The molecule has 124 valence electrons. The minimum Gasteiger partial charge on any atom is -0.479 e. The molecule has 0 aliphatic rings. The number of nitrogens with zero attached hydrogens (tertiary/aromatic N) is 1. The van der Waals surface area contributed by atoms with E-state index in [-0.39, 0.29) is 6.54 Å². The fourth-order valence-electron chi connectivity index (χ4n) is 2.04. The highest BCUT2D eigenvalue weighted by atomic mass is 32.1. The maximum atomic E-state index is 12.5. The first-order valence-corrected chi connectivity index (χ1v) is 7.97. The maximum absolute atomic E-state index is 12.5. The molecule has 24 heavy (non-hydrogen) atoms. The Labute approximate surface area is 143 Å². The average Bonchev–Trinajstić information content (AvgIpc) is 3.11. The third-order valence-electron chi connectivity index (χ3n) is 3.17. The number of carboxylic acid groups (broad SMARTS) is 1. The summed E-state index contributed by atoms with van der Waals surface area (Å²) in [5.74, 6) is -1.72. The van der Waals surface area contributed by atoms with Gasteiger partial charge in [0.2, 0.25) is 0 Å². The molecule has 1 heterocycles. The lowest BCUT2D eigenvalue weighted by Crippen LogP contribution is -2.46. The summed E-state index contributed by atoms with van der Waals surface area (Å²) in [5, 5.41) is 13.4. The van der Waals surface area contributed by atoms with Crippen molar-refractivity contribution in [1.29, 1.82) is 0 Å². The van der Waals surface area contributed by atoms with Gasteiger partial charge in [0.25, 0.3) is 5.91 Å². The van der Waals surface area contributed by atoms with Gasteiger partial charge in [-0.1, -0.05) is 30.3 Å². The summed E-state index contributed by atoms with van der Waals surface area (Å²) in [6, 6.07) is 9.59. The topological polar surface area (TPSA) is 86.7 Å². The molecule has 2 rings (SSSR count). The SMILES string of the molecule is C=CCN(C(=O)NC(C(=O)O)c1cccs1)C(=O)c1ccccc1. The van der Waals surface area contributed by atoms with Crippen molar-refractivity contribution in [2.45, 2.75) is 6.04 Å². The van der Waals surface area contributed by atoms with Gasteiger partial charge >= 0.3 is 12.0 Å². The van der Waals surface area contributed by atoms with E-state index in [0.717, 1.165) is 4.90 Å². The molecular formula is C17H16N2O4S. The number of thiophene rings is 1. The van der Waals surface area contributed by atoms with Gasteiger partial charge in [0, 0.05) is 17.0 Å². The highest BCUT2D eigenvalue weighted by Gasteiger charge is 2.28. The minimum atomic E-state index is -1.21. The summed E-state index contributed by atoms with van der Waals surface area (Å²) in [6.07, 6.45) is 1.40. The zero-order chi connectivity index (χ0) is 17.5. The first-order chi connectivity index (χ1) is 11.5. The van der Waals surface area contributed by atoms with Gasteiger partial charge in [0.1, 0.15) is 0 Å². The van der Waals surface area contributed by atoms with Crippen molar-refractivity contribution in [1.82, 2.24) is 10.2 Å². The van der Waals surface area contributed by atoms with E-state index >= 15 is 0 Å². The van der Waals surface area contributed by atoms with E-state index in [1.54, 1.807) is 47.8 Å². The summed E-state index contributed by atoms with van der Waals surface area (Å²) >= 11 is 1.21. The summed E-state index contributed by atoms with van der Waals surface area (Å²) in [5.41, 5.74) is 0.331. The Morgan fingerprint density at radius 1 is 1.21 bits per heavy atom. The quantitative estimate of drug-likeness (QED) is 0.789. The van der Waals surface area contributed by atoms with Crippen molar-refractivity contribution in [3.05, 3.63) is 70.9 Å². The van der Waals surface area contributed by atoms with Crippen LogP contribution in [-0.4, -0.2) is 34.5 Å². The molecule has 0 fully saturated rings. The third kappa shape index (κ3) is 4.08. The molecule has 1 unspecified atom stereocenters. The van der Waals surface area contributed by atoms with Gasteiger partial charge in [-0.05, 0) is 23.6 Å². The number of carboxylic acids is 1. The summed E-state index contributed by atoms with van der Waals surface area (Å²) in [7, 11) is 0. The molecule has 1 aromatic heterocycles. The van der Waals surface area contributed by atoms with Crippen LogP contribution in [0.2, 0.25) is 0 Å². The van der Waals surface area contributed by atoms with Crippen molar-refractivity contribution in [3.63, 3.8) is 0 Å². The molecule has 1 atom stereocenters. The number of urea groups is 1. The predicted octanol–water partition coefficient (Wildman–Crippen LogP) is 2.91. The highest BCUT2D eigenvalue weighted by molar-refractivity contribution is 7.10. The van der Waals surface area contributed by atoms with Crippen LogP contribution in [0.25, 0.3) is 0 Å².